The highest BCUT2D eigenvalue weighted by Crippen LogP contribution is 2.39. The van der Waals surface area contributed by atoms with Gasteiger partial charge in [-0.2, -0.15) is 0 Å². The van der Waals surface area contributed by atoms with Gasteiger partial charge in [0.15, 0.2) is 11.2 Å². The van der Waals surface area contributed by atoms with Gasteiger partial charge in [-0.1, -0.05) is 102 Å². The molecule has 0 saturated heterocycles. The van der Waals surface area contributed by atoms with Crippen molar-refractivity contribution in [2.24, 2.45) is 0 Å². The van der Waals surface area contributed by atoms with Gasteiger partial charge in [-0.15, -0.1) is 0 Å². The topological polar surface area (TPSA) is 57.0 Å². The third kappa shape index (κ3) is 5.70. The van der Waals surface area contributed by atoms with Gasteiger partial charge in [-0.3, -0.25) is 0 Å². The lowest BCUT2D eigenvalue weighted by atomic mass is 9.87. The number of aromatic nitrogens is 3. The van der Waals surface area contributed by atoms with E-state index in [4.69, 9.17) is 18.8 Å². The first-order valence-corrected chi connectivity index (χ1v) is 19.0. The van der Waals surface area contributed by atoms with E-state index in [1.165, 1.54) is 33.0 Å². The zero-order valence-corrected chi connectivity index (χ0v) is 31.9. The van der Waals surface area contributed by atoms with E-state index >= 15 is 0 Å². The summed E-state index contributed by atoms with van der Waals surface area (Å²) in [5, 5.41) is 4.67. The van der Waals surface area contributed by atoms with Crippen molar-refractivity contribution < 1.29 is 8.83 Å². The van der Waals surface area contributed by atoms with Crippen molar-refractivity contribution in [1.29, 1.82) is 0 Å². The van der Waals surface area contributed by atoms with Crippen LogP contribution in [0.4, 0.5) is 0 Å². The Balaban J connectivity index is 1.12. The summed E-state index contributed by atoms with van der Waals surface area (Å²) >= 11 is 0. The number of benzene rings is 7. The van der Waals surface area contributed by atoms with Crippen LogP contribution in [-0.4, -0.2) is 14.5 Å². The van der Waals surface area contributed by atoms with E-state index in [0.29, 0.717) is 11.8 Å². The maximum atomic E-state index is 6.44. The SMILES string of the molecule is CC(C)(C)c1ccc2nc(-c3ccc4c(c3)c3cc(-c5nc6ccc(C(C)(C)C)cc6o5)ccc3n4-c3ccc(-c4ccc5ccccc5c4)cc3)oc2c1. The number of rotatable bonds is 4. The fraction of sp³-hybridized carbons (Fsp3) is 0.160. The minimum Gasteiger partial charge on any atom is -0.436 e. The summed E-state index contributed by atoms with van der Waals surface area (Å²) in [6.45, 7) is 13.3. The van der Waals surface area contributed by atoms with Gasteiger partial charge in [0.1, 0.15) is 11.0 Å². The molecule has 55 heavy (non-hydrogen) atoms. The van der Waals surface area contributed by atoms with E-state index in [-0.39, 0.29) is 10.8 Å². The Labute approximate surface area is 319 Å². The lowest BCUT2D eigenvalue weighted by Crippen LogP contribution is -2.10. The van der Waals surface area contributed by atoms with Crippen LogP contribution >= 0.6 is 0 Å². The maximum Gasteiger partial charge on any atom is 0.227 e. The van der Waals surface area contributed by atoms with Gasteiger partial charge in [0.25, 0.3) is 0 Å². The summed E-state index contributed by atoms with van der Waals surface area (Å²) in [6.07, 6.45) is 0. The Morgan fingerprint density at radius 1 is 0.436 bits per heavy atom. The lowest BCUT2D eigenvalue weighted by Gasteiger charge is -2.18. The standard InChI is InChI=1S/C50H41N3O2/c1-49(2,3)36-17-21-41-45(28-36)54-47(51-41)34-15-23-43-39(26-34)40-27-35(48-52-42-22-18-37(50(4,5)6)29-46(42)55-48)16-24-44(40)53(43)38-19-13-31(14-20-38)33-12-11-30-9-7-8-10-32(30)25-33/h7-29H,1-6H3. The molecule has 0 unspecified atom stereocenters. The normalized spacial score (nSPS) is 12.5. The average Bonchev–Trinajstić information content (AvgIpc) is 3.90. The molecule has 0 atom stereocenters. The van der Waals surface area contributed by atoms with Crippen LogP contribution in [0, 0.1) is 0 Å². The molecule has 0 amide bonds. The van der Waals surface area contributed by atoms with Gasteiger partial charge in [0.05, 0.1) is 11.0 Å². The number of hydrogen-bond donors (Lipinski definition) is 0. The third-order valence-electron chi connectivity index (χ3n) is 11.0. The molecule has 0 saturated carbocycles. The largest absolute Gasteiger partial charge is 0.436 e. The monoisotopic (exact) mass is 715 g/mol. The van der Waals surface area contributed by atoms with Crippen LogP contribution in [0.3, 0.4) is 0 Å². The van der Waals surface area contributed by atoms with Gasteiger partial charge in [-0.25, -0.2) is 9.97 Å². The Bertz CT molecular complexity index is 2960. The van der Waals surface area contributed by atoms with Crippen molar-refractivity contribution in [3.8, 4) is 39.7 Å². The Morgan fingerprint density at radius 3 is 1.45 bits per heavy atom. The number of hydrogen-bond acceptors (Lipinski definition) is 4. The fourth-order valence-corrected chi connectivity index (χ4v) is 7.77. The number of nitrogens with zero attached hydrogens (tertiary/aromatic N) is 3. The highest BCUT2D eigenvalue weighted by molar-refractivity contribution is 6.11. The summed E-state index contributed by atoms with van der Waals surface area (Å²) in [4.78, 5) is 9.86. The molecule has 0 fully saturated rings. The summed E-state index contributed by atoms with van der Waals surface area (Å²) in [6, 6.07) is 49.7. The second kappa shape index (κ2) is 12.0. The molecule has 3 aromatic heterocycles. The molecule has 10 aromatic rings. The molecular weight excluding hydrogens is 675 g/mol. The van der Waals surface area contributed by atoms with Crippen LogP contribution in [0.5, 0.6) is 0 Å². The van der Waals surface area contributed by atoms with E-state index in [9.17, 15) is 0 Å². The number of fused-ring (bicyclic) bond motifs is 6. The predicted octanol–water partition coefficient (Wildman–Crippen LogP) is 13.8. The molecule has 0 N–H and O–H groups in total. The summed E-state index contributed by atoms with van der Waals surface area (Å²) in [5.41, 5.74) is 13.2. The highest BCUT2D eigenvalue weighted by Gasteiger charge is 2.21. The Morgan fingerprint density at radius 2 is 0.927 bits per heavy atom. The highest BCUT2D eigenvalue weighted by atomic mass is 16.4. The van der Waals surface area contributed by atoms with Crippen LogP contribution in [0.15, 0.2) is 148 Å². The molecule has 0 spiro atoms. The second-order valence-electron chi connectivity index (χ2n) is 16.8. The molecule has 5 heteroatoms. The molecule has 0 aliphatic carbocycles. The average molecular weight is 716 g/mol. The fourth-order valence-electron chi connectivity index (χ4n) is 7.77. The quantitative estimate of drug-likeness (QED) is 0.182. The van der Waals surface area contributed by atoms with Crippen molar-refractivity contribution in [3.63, 3.8) is 0 Å². The molecule has 10 rings (SSSR count). The minimum atomic E-state index is 0.0108. The van der Waals surface area contributed by atoms with Gasteiger partial charge in [0, 0.05) is 27.6 Å². The van der Waals surface area contributed by atoms with Gasteiger partial charge in [0.2, 0.25) is 11.8 Å². The molecule has 0 aliphatic rings. The van der Waals surface area contributed by atoms with E-state index in [0.717, 1.165) is 60.8 Å². The first-order chi connectivity index (χ1) is 26.5. The summed E-state index contributed by atoms with van der Waals surface area (Å²) in [5.74, 6) is 1.21. The van der Waals surface area contributed by atoms with E-state index in [1.807, 2.05) is 0 Å². The van der Waals surface area contributed by atoms with Crippen LogP contribution in [0.25, 0.3) is 94.5 Å². The smallest absolute Gasteiger partial charge is 0.227 e. The van der Waals surface area contributed by atoms with Crippen molar-refractivity contribution in [3.05, 3.63) is 151 Å². The Hall–Kier alpha value is -6.46. The van der Waals surface area contributed by atoms with Gasteiger partial charge >= 0.3 is 0 Å². The zero-order valence-electron chi connectivity index (χ0n) is 31.9. The molecule has 3 heterocycles. The molecular formula is C50H41N3O2. The van der Waals surface area contributed by atoms with Gasteiger partial charge < -0.3 is 13.4 Å². The van der Waals surface area contributed by atoms with E-state index < -0.39 is 0 Å². The molecule has 0 radical (unpaired) electrons. The molecule has 7 aromatic carbocycles. The lowest BCUT2D eigenvalue weighted by molar-refractivity contribution is 0.584. The van der Waals surface area contributed by atoms with Gasteiger partial charge in [-0.05, 0) is 123 Å². The van der Waals surface area contributed by atoms with Crippen molar-refractivity contribution in [1.82, 2.24) is 14.5 Å². The van der Waals surface area contributed by atoms with Crippen LogP contribution in [0.2, 0.25) is 0 Å². The second-order valence-corrected chi connectivity index (χ2v) is 16.8. The van der Waals surface area contributed by atoms with Crippen molar-refractivity contribution in [2.75, 3.05) is 0 Å². The molecule has 268 valence electrons. The predicted molar refractivity (Wildman–Crippen MR) is 227 cm³/mol. The first kappa shape index (κ1) is 33.1. The van der Waals surface area contributed by atoms with E-state index in [2.05, 4.69) is 186 Å². The van der Waals surface area contributed by atoms with Crippen LogP contribution in [-0.2, 0) is 10.8 Å². The maximum absolute atomic E-state index is 6.44. The zero-order chi connectivity index (χ0) is 37.6. The van der Waals surface area contributed by atoms with Crippen molar-refractivity contribution >= 4 is 54.8 Å². The first-order valence-electron chi connectivity index (χ1n) is 19.0. The molecule has 5 nitrogen and oxygen atoms in total. The van der Waals surface area contributed by atoms with Crippen molar-refractivity contribution in [2.45, 2.75) is 52.4 Å². The van der Waals surface area contributed by atoms with Crippen LogP contribution in [0.1, 0.15) is 52.7 Å². The van der Waals surface area contributed by atoms with E-state index in [1.54, 1.807) is 0 Å². The molecule has 0 bridgehead atoms. The summed E-state index contributed by atoms with van der Waals surface area (Å²) in [7, 11) is 0. The van der Waals surface area contributed by atoms with Crippen LogP contribution < -0.4 is 0 Å². The third-order valence-corrected chi connectivity index (χ3v) is 11.0. The summed E-state index contributed by atoms with van der Waals surface area (Å²) < 4.78 is 15.2. The number of oxazole rings is 2. The molecule has 0 aliphatic heterocycles. The minimum absolute atomic E-state index is 0.0108. The Kier molecular flexibility index (Phi) is 7.24.